The number of hydrogen-bond donors (Lipinski definition) is 2. The zero-order valence-corrected chi connectivity index (χ0v) is 8.29. The van der Waals surface area contributed by atoms with Gasteiger partial charge in [-0.2, -0.15) is 0 Å². The lowest BCUT2D eigenvalue weighted by atomic mass is 10.3. The Labute approximate surface area is 86.0 Å². The van der Waals surface area contributed by atoms with Gasteiger partial charge < -0.3 is 5.73 Å². The van der Waals surface area contributed by atoms with Gasteiger partial charge in [-0.05, 0) is 24.1 Å². The molecular formula is C8H11N3O2S. The van der Waals surface area contributed by atoms with Crippen LogP contribution in [0.4, 0.5) is 5.69 Å². The second kappa shape index (κ2) is 5.58. The second-order valence-corrected chi connectivity index (χ2v) is 3.50. The summed E-state index contributed by atoms with van der Waals surface area (Å²) in [4.78, 5) is 10.9. The number of nitro benzene ring substituents is 1. The summed E-state index contributed by atoms with van der Waals surface area (Å²) in [6.07, 6.45) is 0. The fourth-order valence-electron chi connectivity index (χ4n) is 0.829. The predicted octanol–water partition coefficient (Wildman–Crippen LogP) is 1.15. The standard InChI is InChI=1S/C8H11N3O2S/c9-5-6-10-14-8-3-1-7(2-4-8)11(12)13/h1-4,10H,5-6,9H2. The van der Waals surface area contributed by atoms with E-state index in [1.54, 1.807) is 12.1 Å². The minimum atomic E-state index is -0.415. The Kier molecular flexibility index (Phi) is 4.37. The van der Waals surface area contributed by atoms with Crippen LogP contribution >= 0.6 is 11.9 Å². The molecule has 0 aliphatic carbocycles. The van der Waals surface area contributed by atoms with E-state index in [2.05, 4.69) is 4.72 Å². The molecule has 0 saturated heterocycles. The molecule has 6 heteroatoms. The third kappa shape index (κ3) is 3.33. The third-order valence-corrected chi connectivity index (χ3v) is 2.34. The first-order valence-electron chi connectivity index (χ1n) is 4.08. The summed E-state index contributed by atoms with van der Waals surface area (Å²) in [6, 6.07) is 6.36. The van der Waals surface area contributed by atoms with Crippen LogP contribution in [0.3, 0.4) is 0 Å². The number of rotatable bonds is 5. The number of non-ortho nitro benzene ring substituents is 1. The van der Waals surface area contributed by atoms with E-state index < -0.39 is 4.92 Å². The van der Waals surface area contributed by atoms with E-state index in [-0.39, 0.29) is 5.69 Å². The molecule has 0 fully saturated rings. The van der Waals surface area contributed by atoms with Crippen molar-refractivity contribution in [3.63, 3.8) is 0 Å². The van der Waals surface area contributed by atoms with Gasteiger partial charge in [-0.15, -0.1) is 0 Å². The first-order chi connectivity index (χ1) is 6.74. The molecule has 0 amide bonds. The smallest absolute Gasteiger partial charge is 0.269 e. The zero-order chi connectivity index (χ0) is 10.4. The van der Waals surface area contributed by atoms with E-state index in [0.29, 0.717) is 13.1 Å². The first-order valence-corrected chi connectivity index (χ1v) is 4.90. The van der Waals surface area contributed by atoms with Crippen LogP contribution in [-0.4, -0.2) is 18.0 Å². The van der Waals surface area contributed by atoms with Crippen LogP contribution in [0.15, 0.2) is 29.2 Å². The number of nitro groups is 1. The van der Waals surface area contributed by atoms with E-state index >= 15 is 0 Å². The monoisotopic (exact) mass is 213 g/mol. The van der Waals surface area contributed by atoms with Crippen LogP contribution < -0.4 is 10.5 Å². The molecule has 1 rings (SSSR count). The summed E-state index contributed by atoms with van der Waals surface area (Å²) in [7, 11) is 0. The summed E-state index contributed by atoms with van der Waals surface area (Å²) in [5.41, 5.74) is 5.40. The van der Waals surface area contributed by atoms with Crippen molar-refractivity contribution in [1.82, 2.24) is 4.72 Å². The Morgan fingerprint density at radius 1 is 1.43 bits per heavy atom. The minimum absolute atomic E-state index is 0.105. The van der Waals surface area contributed by atoms with Gasteiger partial charge in [0, 0.05) is 30.1 Å². The molecule has 5 nitrogen and oxygen atoms in total. The molecule has 0 spiro atoms. The Hall–Kier alpha value is -1.11. The van der Waals surface area contributed by atoms with Crippen molar-refractivity contribution in [2.45, 2.75) is 4.90 Å². The van der Waals surface area contributed by atoms with Gasteiger partial charge in [-0.25, -0.2) is 0 Å². The van der Waals surface area contributed by atoms with Gasteiger partial charge in [-0.3, -0.25) is 14.8 Å². The lowest BCUT2D eigenvalue weighted by Crippen LogP contribution is -2.15. The molecule has 0 unspecified atom stereocenters. The molecule has 0 aromatic heterocycles. The Balaban J connectivity index is 2.51. The van der Waals surface area contributed by atoms with Gasteiger partial charge in [-0.1, -0.05) is 0 Å². The summed E-state index contributed by atoms with van der Waals surface area (Å²) in [5.74, 6) is 0. The van der Waals surface area contributed by atoms with E-state index in [1.807, 2.05) is 0 Å². The molecule has 1 aromatic carbocycles. The van der Waals surface area contributed by atoms with Gasteiger partial charge in [0.15, 0.2) is 0 Å². The molecule has 14 heavy (non-hydrogen) atoms. The predicted molar refractivity (Wildman–Crippen MR) is 56.0 cm³/mol. The van der Waals surface area contributed by atoms with E-state index in [9.17, 15) is 10.1 Å². The summed E-state index contributed by atoms with van der Waals surface area (Å²) >= 11 is 1.41. The van der Waals surface area contributed by atoms with Gasteiger partial charge in [0.25, 0.3) is 5.69 Å². The Morgan fingerprint density at radius 3 is 2.57 bits per heavy atom. The highest BCUT2D eigenvalue weighted by atomic mass is 32.2. The summed E-state index contributed by atoms with van der Waals surface area (Å²) in [5, 5.41) is 10.3. The average molecular weight is 213 g/mol. The van der Waals surface area contributed by atoms with Crippen molar-refractivity contribution in [2.24, 2.45) is 5.73 Å². The van der Waals surface area contributed by atoms with Gasteiger partial charge in [0.2, 0.25) is 0 Å². The highest BCUT2D eigenvalue weighted by Gasteiger charge is 2.03. The lowest BCUT2D eigenvalue weighted by Gasteiger charge is -2.01. The van der Waals surface area contributed by atoms with Crippen LogP contribution in [0, 0.1) is 10.1 Å². The van der Waals surface area contributed by atoms with E-state index in [1.165, 1.54) is 24.1 Å². The number of nitrogens with zero attached hydrogens (tertiary/aromatic N) is 1. The maximum absolute atomic E-state index is 10.3. The van der Waals surface area contributed by atoms with Crippen LogP contribution in [0.5, 0.6) is 0 Å². The molecule has 0 aliphatic rings. The number of benzene rings is 1. The van der Waals surface area contributed by atoms with Crippen molar-refractivity contribution in [3.05, 3.63) is 34.4 Å². The zero-order valence-electron chi connectivity index (χ0n) is 7.47. The molecule has 0 atom stereocenters. The van der Waals surface area contributed by atoms with E-state index in [4.69, 9.17) is 5.73 Å². The molecule has 0 radical (unpaired) electrons. The van der Waals surface area contributed by atoms with Gasteiger partial charge in [0.1, 0.15) is 0 Å². The molecule has 3 N–H and O–H groups in total. The number of nitrogens with two attached hydrogens (primary N) is 1. The summed E-state index contributed by atoms with van der Waals surface area (Å²) in [6.45, 7) is 1.28. The summed E-state index contributed by atoms with van der Waals surface area (Å²) < 4.78 is 3.02. The maximum atomic E-state index is 10.3. The second-order valence-electron chi connectivity index (χ2n) is 2.54. The molecule has 1 aromatic rings. The van der Waals surface area contributed by atoms with Crippen molar-refractivity contribution in [3.8, 4) is 0 Å². The van der Waals surface area contributed by atoms with Crippen molar-refractivity contribution in [2.75, 3.05) is 13.1 Å². The maximum Gasteiger partial charge on any atom is 0.269 e. The molecule has 0 heterocycles. The molecule has 0 aliphatic heterocycles. The topological polar surface area (TPSA) is 81.2 Å². The molecule has 0 bridgehead atoms. The van der Waals surface area contributed by atoms with Crippen LogP contribution in [-0.2, 0) is 0 Å². The fraction of sp³-hybridized carbons (Fsp3) is 0.250. The van der Waals surface area contributed by atoms with Crippen LogP contribution in [0.25, 0.3) is 0 Å². The van der Waals surface area contributed by atoms with Crippen molar-refractivity contribution in [1.29, 1.82) is 0 Å². The highest BCUT2D eigenvalue weighted by Crippen LogP contribution is 2.18. The van der Waals surface area contributed by atoms with Crippen molar-refractivity contribution >= 4 is 17.6 Å². The molecule has 76 valence electrons. The van der Waals surface area contributed by atoms with Crippen molar-refractivity contribution < 1.29 is 4.92 Å². The first kappa shape index (κ1) is 11.0. The Morgan fingerprint density at radius 2 is 2.07 bits per heavy atom. The minimum Gasteiger partial charge on any atom is -0.329 e. The largest absolute Gasteiger partial charge is 0.329 e. The Bertz CT molecular complexity index is 302. The fourth-order valence-corrected chi connectivity index (χ4v) is 1.49. The highest BCUT2D eigenvalue weighted by molar-refractivity contribution is 7.97. The van der Waals surface area contributed by atoms with Crippen LogP contribution in [0.2, 0.25) is 0 Å². The number of hydrogen-bond acceptors (Lipinski definition) is 5. The quantitative estimate of drug-likeness (QED) is 0.332. The molecule has 0 saturated carbocycles. The normalized spacial score (nSPS) is 10.1. The average Bonchev–Trinajstić information content (AvgIpc) is 2.19. The lowest BCUT2D eigenvalue weighted by molar-refractivity contribution is -0.384. The van der Waals surface area contributed by atoms with Gasteiger partial charge >= 0.3 is 0 Å². The number of nitrogens with one attached hydrogen (secondary N) is 1. The SMILES string of the molecule is NCCNSc1ccc([N+](=O)[O-])cc1. The molecular weight excluding hydrogens is 202 g/mol. The van der Waals surface area contributed by atoms with E-state index in [0.717, 1.165) is 4.90 Å². The van der Waals surface area contributed by atoms with Crippen LogP contribution in [0.1, 0.15) is 0 Å². The van der Waals surface area contributed by atoms with Gasteiger partial charge in [0.05, 0.1) is 4.92 Å². The third-order valence-electron chi connectivity index (χ3n) is 1.48.